The molecule has 0 radical (unpaired) electrons. The molecule has 3 rings (SSSR count). The maximum absolute atomic E-state index is 12.3. The summed E-state index contributed by atoms with van der Waals surface area (Å²) >= 11 is 6.32. The minimum Gasteiger partial charge on any atom is -0.493 e. The first-order valence-electron chi connectivity index (χ1n) is 7.21. The summed E-state index contributed by atoms with van der Waals surface area (Å²) in [6, 6.07) is 12.8. The molecule has 0 saturated heterocycles. The predicted molar refractivity (Wildman–Crippen MR) is 95.6 cm³/mol. The molecule has 0 fully saturated rings. The van der Waals surface area contributed by atoms with E-state index in [2.05, 4.69) is 9.97 Å². The molecule has 1 N–H and O–H groups in total. The first-order chi connectivity index (χ1) is 11.6. The topological polar surface area (TPSA) is 64.2 Å². The quantitative estimate of drug-likeness (QED) is 0.785. The first-order valence-corrected chi connectivity index (χ1v) is 7.59. The molecule has 0 unspecified atom stereocenters. The van der Waals surface area contributed by atoms with Gasteiger partial charge in [0.05, 0.1) is 30.2 Å². The van der Waals surface area contributed by atoms with Crippen LogP contribution in [0.1, 0.15) is 11.4 Å². The van der Waals surface area contributed by atoms with Crippen molar-refractivity contribution in [2.45, 2.75) is 0 Å². The maximum Gasteiger partial charge on any atom is 0.259 e. The molecular weight excluding hydrogens is 328 g/mol. The number of H-pyrrole nitrogens is 1. The molecule has 2 aromatic carbocycles. The molecule has 3 aromatic rings. The van der Waals surface area contributed by atoms with Gasteiger partial charge in [0.15, 0.2) is 17.3 Å². The Morgan fingerprint density at radius 1 is 1.12 bits per heavy atom. The number of ether oxygens (including phenoxy) is 2. The lowest BCUT2D eigenvalue weighted by molar-refractivity contribution is 0.355. The fourth-order valence-electron chi connectivity index (χ4n) is 2.34. The Morgan fingerprint density at radius 3 is 2.46 bits per heavy atom. The molecule has 1 heterocycles. The third-order valence-corrected chi connectivity index (χ3v) is 3.82. The number of hydrogen-bond acceptors (Lipinski definition) is 4. The Labute approximate surface area is 143 Å². The van der Waals surface area contributed by atoms with Crippen molar-refractivity contribution in [2.24, 2.45) is 0 Å². The number of aromatic amines is 1. The van der Waals surface area contributed by atoms with Gasteiger partial charge in [0.1, 0.15) is 0 Å². The van der Waals surface area contributed by atoms with Gasteiger partial charge in [-0.25, -0.2) is 4.98 Å². The number of hydrogen-bond donors (Lipinski definition) is 1. The Balaban J connectivity index is 2.13. The molecule has 122 valence electrons. The van der Waals surface area contributed by atoms with E-state index in [1.54, 1.807) is 18.2 Å². The molecule has 0 spiro atoms. The highest BCUT2D eigenvalue weighted by Crippen LogP contribution is 2.30. The predicted octanol–water partition coefficient (Wildman–Crippen LogP) is 3.68. The number of benzene rings is 2. The normalized spacial score (nSPS) is 11.5. The molecule has 24 heavy (non-hydrogen) atoms. The minimum absolute atomic E-state index is 0.296. The van der Waals surface area contributed by atoms with Crippen LogP contribution in [0.5, 0.6) is 11.5 Å². The van der Waals surface area contributed by atoms with Crippen molar-refractivity contribution < 1.29 is 9.47 Å². The van der Waals surface area contributed by atoms with Crippen LogP contribution in [-0.2, 0) is 0 Å². The zero-order valence-electron chi connectivity index (χ0n) is 13.2. The van der Waals surface area contributed by atoms with Crippen LogP contribution in [0.2, 0.25) is 0 Å². The molecule has 0 aliphatic carbocycles. The number of fused-ring (bicyclic) bond motifs is 1. The summed E-state index contributed by atoms with van der Waals surface area (Å²) < 4.78 is 10.5. The van der Waals surface area contributed by atoms with Crippen molar-refractivity contribution in [3.63, 3.8) is 0 Å². The molecule has 0 amide bonds. The molecular formula is C18H15ClN2O3. The molecule has 0 atom stereocenters. The molecule has 6 heteroatoms. The Kier molecular flexibility index (Phi) is 4.53. The summed E-state index contributed by atoms with van der Waals surface area (Å²) in [5.41, 5.74) is 1.10. The minimum atomic E-state index is -0.296. The standard InChI is InChI=1S/C18H15ClN2O3/c1-23-15-9-12-14(10-16(15)24-2)20-17(21-18(12)22)13(19)8-11-6-4-3-5-7-11/h3-10H,1-2H3,(H,20,21,22)/b13-8-. The van der Waals surface area contributed by atoms with Crippen LogP contribution in [0.3, 0.4) is 0 Å². The summed E-state index contributed by atoms with van der Waals surface area (Å²) in [6.45, 7) is 0. The van der Waals surface area contributed by atoms with E-state index in [0.29, 0.717) is 33.3 Å². The van der Waals surface area contributed by atoms with Crippen molar-refractivity contribution in [3.8, 4) is 11.5 Å². The second kappa shape index (κ2) is 6.76. The average molecular weight is 343 g/mol. The van der Waals surface area contributed by atoms with Gasteiger partial charge >= 0.3 is 0 Å². The molecule has 5 nitrogen and oxygen atoms in total. The van der Waals surface area contributed by atoms with Crippen LogP contribution in [0.15, 0.2) is 47.3 Å². The van der Waals surface area contributed by atoms with Gasteiger partial charge < -0.3 is 14.5 Å². The largest absolute Gasteiger partial charge is 0.493 e. The SMILES string of the molecule is COc1cc2nc(/C(Cl)=C/c3ccccc3)[nH]c(=O)c2cc1OC. The third-order valence-electron chi connectivity index (χ3n) is 3.53. The lowest BCUT2D eigenvalue weighted by Gasteiger charge is -2.09. The van der Waals surface area contributed by atoms with Crippen molar-refractivity contribution in [3.05, 3.63) is 64.2 Å². The lowest BCUT2D eigenvalue weighted by atomic mass is 10.2. The number of nitrogens with one attached hydrogen (secondary N) is 1. The molecule has 1 aromatic heterocycles. The van der Waals surface area contributed by atoms with E-state index in [-0.39, 0.29) is 5.56 Å². The van der Waals surface area contributed by atoms with Gasteiger partial charge in [0.2, 0.25) is 0 Å². The fraction of sp³-hybridized carbons (Fsp3) is 0.111. The molecule has 0 saturated carbocycles. The zero-order chi connectivity index (χ0) is 17.1. The van der Waals surface area contributed by atoms with E-state index in [9.17, 15) is 4.79 Å². The smallest absolute Gasteiger partial charge is 0.259 e. The summed E-state index contributed by atoms with van der Waals surface area (Å²) in [6.07, 6.45) is 1.74. The molecule has 0 aliphatic heterocycles. The van der Waals surface area contributed by atoms with Crippen LogP contribution >= 0.6 is 11.6 Å². The fourth-order valence-corrected chi connectivity index (χ4v) is 2.56. The van der Waals surface area contributed by atoms with Crippen molar-refractivity contribution >= 4 is 33.6 Å². The highest BCUT2D eigenvalue weighted by molar-refractivity contribution is 6.50. The van der Waals surface area contributed by atoms with Crippen LogP contribution in [0, 0.1) is 0 Å². The van der Waals surface area contributed by atoms with E-state index in [0.717, 1.165) is 5.56 Å². The second-order valence-corrected chi connectivity index (χ2v) is 5.45. The van der Waals surface area contributed by atoms with E-state index < -0.39 is 0 Å². The molecule has 0 bridgehead atoms. The molecule has 0 aliphatic rings. The van der Waals surface area contributed by atoms with Gasteiger partial charge in [0, 0.05) is 6.07 Å². The third kappa shape index (κ3) is 3.12. The van der Waals surface area contributed by atoms with Gasteiger partial charge in [-0.05, 0) is 17.7 Å². The number of rotatable bonds is 4. The van der Waals surface area contributed by atoms with Crippen molar-refractivity contribution in [2.75, 3.05) is 14.2 Å². The summed E-state index contributed by atoms with van der Waals surface area (Å²) in [4.78, 5) is 19.5. The lowest BCUT2D eigenvalue weighted by Crippen LogP contribution is -2.11. The van der Waals surface area contributed by atoms with E-state index in [1.807, 2.05) is 30.3 Å². The number of aromatic nitrogens is 2. The van der Waals surface area contributed by atoms with Gasteiger partial charge in [-0.1, -0.05) is 41.9 Å². The van der Waals surface area contributed by atoms with Crippen molar-refractivity contribution in [1.29, 1.82) is 0 Å². The van der Waals surface area contributed by atoms with Gasteiger partial charge in [-0.3, -0.25) is 4.79 Å². The van der Waals surface area contributed by atoms with Crippen LogP contribution in [0.25, 0.3) is 22.0 Å². The van der Waals surface area contributed by atoms with E-state index in [1.165, 1.54) is 14.2 Å². The first kappa shape index (κ1) is 16.1. The Hall–Kier alpha value is -2.79. The highest BCUT2D eigenvalue weighted by Gasteiger charge is 2.12. The van der Waals surface area contributed by atoms with Crippen LogP contribution < -0.4 is 15.0 Å². The summed E-state index contributed by atoms with van der Waals surface area (Å²) in [7, 11) is 3.04. The van der Waals surface area contributed by atoms with Crippen LogP contribution in [0.4, 0.5) is 0 Å². The zero-order valence-corrected chi connectivity index (χ0v) is 13.9. The Morgan fingerprint density at radius 2 is 1.79 bits per heavy atom. The summed E-state index contributed by atoms with van der Waals surface area (Å²) in [5, 5.41) is 0.746. The van der Waals surface area contributed by atoms with Crippen LogP contribution in [-0.4, -0.2) is 24.2 Å². The maximum atomic E-state index is 12.3. The average Bonchev–Trinajstić information content (AvgIpc) is 2.61. The monoisotopic (exact) mass is 342 g/mol. The Bertz CT molecular complexity index is 965. The van der Waals surface area contributed by atoms with E-state index in [4.69, 9.17) is 21.1 Å². The highest BCUT2D eigenvalue weighted by atomic mass is 35.5. The van der Waals surface area contributed by atoms with Crippen molar-refractivity contribution in [1.82, 2.24) is 9.97 Å². The summed E-state index contributed by atoms with van der Waals surface area (Å²) in [5.74, 6) is 1.26. The second-order valence-electron chi connectivity index (χ2n) is 5.04. The van der Waals surface area contributed by atoms with E-state index >= 15 is 0 Å². The number of methoxy groups -OCH3 is 2. The van der Waals surface area contributed by atoms with Gasteiger partial charge in [0.25, 0.3) is 5.56 Å². The number of nitrogens with zero attached hydrogens (tertiary/aromatic N) is 1. The van der Waals surface area contributed by atoms with Gasteiger partial charge in [-0.2, -0.15) is 0 Å². The van der Waals surface area contributed by atoms with Gasteiger partial charge in [-0.15, -0.1) is 0 Å². The number of halogens is 1.